The van der Waals surface area contributed by atoms with Gasteiger partial charge in [-0.15, -0.1) is 13.2 Å². The van der Waals surface area contributed by atoms with Gasteiger partial charge in [-0.05, 0) is 60.5 Å². The fourth-order valence-electron chi connectivity index (χ4n) is 5.63. The molecule has 202 valence electrons. The Labute approximate surface area is 218 Å². The summed E-state index contributed by atoms with van der Waals surface area (Å²) >= 11 is 0. The number of carbonyl (C=O) groups excluding carboxylic acids is 1. The van der Waals surface area contributed by atoms with Crippen LogP contribution in [-0.2, 0) is 4.79 Å². The summed E-state index contributed by atoms with van der Waals surface area (Å²) in [6, 6.07) is 16.0. The van der Waals surface area contributed by atoms with Crippen molar-refractivity contribution in [3.05, 3.63) is 65.7 Å². The number of rotatable bonds is 6. The Balaban J connectivity index is 1.57. The standard InChI is InChI=1S/C29H38F3N3O2/c1-28(2,3)25-20-34(17-18-35(25)26(36)19-21-13-15-33-16-14-21)27(22-7-5-4-6-8-22)23-9-11-24(12-10-23)37-29(30,31)32/h4-12,21,25,27,33H,13-20H2,1-3H3. The van der Waals surface area contributed by atoms with Gasteiger partial charge in [-0.1, -0.05) is 63.2 Å². The van der Waals surface area contributed by atoms with Crippen LogP contribution in [0, 0.1) is 11.3 Å². The van der Waals surface area contributed by atoms with Crippen LogP contribution in [0.1, 0.15) is 57.2 Å². The molecule has 8 heteroatoms. The molecule has 0 bridgehead atoms. The minimum absolute atomic E-state index is 0.0227. The van der Waals surface area contributed by atoms with E-state index in [0.29, 0.717) is 32.0 Å². The molecule has 1 amide bonds. The predicted molar refractivity (Wildman–Crippen MR) is 138 cm³/mol. The van der Waals surface area contributed by atoms with Crippen molar-refractivity contribution in [3.63, 3.8) is 0 Å². The Kier molecular flexibility index (Phi) is 8.49. The zero-order valence-corrected chi connectivity index (χ0v) is 21.9. The van der Waals surface area contributed by atoms with Gasteiger partial charge < -0.3 is 15.0 Å². The largest absolute Gasteiger partial charge is 0.573 e. The zero-order chi connectivity index (χ0) is 26.6. The number of nitrogens with zero attached hydrogens (tertiary/aromatic N) is 2. The maximum absolute atomic E-state index is 13.5. The lowest BCUT2D eigenvalue weighted by Gasteiger charge is -2.49. The van der Waals surface area contributed by atoms with Gasteiger partial charge in [-0.2, -0.15) is 0 Å². The van der Waals surface area contributed by atoms with E-state index in [-0.39, 0.29) is 29.2 Å². The summed E-state index contributed by atoms with van der Waals surface area (Å²) in [5, 5.41) is 3.37. The third-order valence-electron chi connectivity index (χ3n) is 7.56. The first-order chi connectivity index (χ1) is 17.5. The van der Waals surface area contributed by atoms with Crippen LogP contribution in [0.2, 0.25) is 0 Å². The summed E-state index contributed by atoms with van der Waals surface area (Å²) in [5.74, 6) is 0.433. The summed E-state index contributed by atoms with van der Waals surface area (Å²) in [4.78, 5) is 17.9. The minimum Gasteiger partial charge on any atom is -0.406 e. The molecule has 0 aliphatic carbocycles. The van der Waals surface area contributed by atoms with Crippen molar-refractivity contribution >= 4 is 5.91 Å². The smallest absolute Gasteiger partial charge is 0.406 e. The van der Waals surface area contributed by atoms with Gasteiger partial charge in [0.25, 0.3) is 0 Å². The van der Waals surface area contributed by atoms with Gasteiger partial charge in [0.2, 0.25) is 5.91 Å². The topological polar surface area (TPSA) is 44.8 Å². The molecule has 37 heavy (non-hydrogen) atoms. The summed E-state index contributed by atoms with van der Waals surface area (Å²) < 4.78 is 42.2. The van der Waals surface area contributed by atoms with Crippen LogP contribution in [0.3, 0.4) is 0 Å². The molecule has 0 aromatic heterocycles. The molecule has 0 saturated carbocycles. The first-order valence-corrected chi connectivity index (χ1v) is 13.2. The Morgan fingerprint density at radius 3 is 2.19 bits per heavy atom. The number of hydrogen-bond donors (Lipinski definition) is 1. The number of piperazine rings is 1. The van der Waals surface area contributed by atoms with E-state index in [9.17, 15) is 18.0 Å². The van der Waals surface area contributed by atoms with Crippen LogP contribution in [0.15, 0.2) is 54.6 Å². The van der Waals surface area contributed by atoms with Crippen molar-refractivity contribution in [2.75, 3.05) is 32.7 Å². The van der Waals surface area contributed by atoms with Crippen molar-refractivity contribution in [3.8, 4) is 5.75 Å². The Bertz CT molecular complexity index is 1020. The number of alkyl halides is 3. The fraction of sp³-hybridized carbons (Fsp3) is 0.552. The number of halogens is 3. The second-order valence-electron chi connectivity index (χ2n) is 11.3. The molecule has 1 N–H and O–H groups in total. The summed E-state index contributed by atoms with van der Waals surface area (Å²) in [6.07, 6.45) is -2.06. The number of ether oxygens (including phenoxy) is 1. The molecule has 2 heterocycles. The molecule has 2 saturated heterocycles. The first kappa shape index (κ1) is 27.5. The maximum atomic E-state index is 13.5. The molecule has 2 aliphatic rings. The molecule has 2 aromatic rings. The van der Waals surface area contributed by atoms with Gasteiger partial charge in [-0.3, -0.25) is 9.69 Å². The highest BCUT2D eigenvalue weighted by Gasteiger charge is 2.40. The molecule has 2 aliphatic heterocycles. The molecule has 2 aromatic carbocycles. The molecule has 2 atom stereocenters. The highest BCUT2D eigenvalue weighted by atomic mass is 19.4. The van der Waals surface area contributed by atoms with E-state index >= 15 is 0 Å². The number of amides is 1. The molecular weight excluding hydrogens is 479 g/mol. The highest BCUT2D eigenvalue weighted by molar-refractivity contribution is 5.77. The van der Waals surface area contributed by atoms with Crippen LogP contribution >= 0.6 is 0 Å². The van der Waals surface area contributed by atoms with E-state index in [0.717, 1.165) is 37.1 Å². The van der Waals surface area contributed by atoms with Crippen molar-refractivity contribution < 1.29 is 22.7 Å². The highest BCUT2D eigenvalue weighted by Crippen LogP contribution is 2.36. The second kappa shape index (κ2) is 11.4. The summed E-state index contributed by atoms with van der Waals surface area (Å²) in [6.45, 7) is 10.5. The van der Waals surface area contributed by atoms with Crippen molar-refractivity contribution in [1.82, 2.24) is 15.1 Å². The Morgan fingerprint density at radius 2 is 1.59 bits per heavy atom. The lowest BCUT2D eigenvalue weighted by atomic mass is 9.82. The van der Waals surface area contributed by atoms with Crippen molar-refractivity contribution in [2.24, 2.45) is 11.3 Å². The normalized spacial score (nSPS) is 21.0. The van der Waals surface area contributed by atoms with Crippen LogP contribution in [0.25, 0.3) is 0 Å². The molecule has 4 rings (SSSR count). The van der Waals surface area contributed by atoms with E-state index < -0.39 is 6.36 Å². The zero-order valence-electron chi connectivity index (χ0n) is 21.9. The lowest BCUT2D eigenvalue weighted by molar-refractivity contribution is -0.274. The second-order valence-corrected chi connectivity index (χ2v) is 11.3. The first-order valence-electron chi connectivity index (χ1n) is 13.2. The Morgan fingerprint density at radius 1 is 0.973 bits per heavy atom. The molecular formula is C29H38F3N3O2. The minimum atomic E-state index is -4.72. The van der Waals surface area contributed by atoms with Crippen molar-refractivity contribution in [2.45, 2.75) is 58.5 Å². The lowest BCUT2D eigenvalue weighted by Crippen LogP contribution is -2.60. The molecule has 0 radical (unpaired) electrons. The van der Waals surface area contributed by atoms with Gasteiger partial charge in [-0.25, -0.2) is 0 Å². The van der Waals surface area contributed by atoms with Crippen molar-refractivity contribution in [1.29, 1.82) is 0 Å². The van der Waals surface area contributed by atoms with Crippen LogP contribution in [-0.4, -0.2) is 60.8 Å². The maximum Gasteiger partial charge on any atom is 0.573 e. The van der Waals surface area contributed by atoms with Gasteiger partial charge >= 0.3 is 6.36 Å². The van der Waals surface area contributed by atoms with Crippen LogP contribution < -0.4 is 10.1 Å². The van der Waals surface area contributed by atoms with Gasteiger partial charge in [0.15, 0.2) is 0 Å². The van der Waals surface area contributed by atoms with Gasteiger partial charge in [0, 0.05) is 32.1 Å². The average molecular weight is 518 g/mol. The third-order valence-corrected chi connectivity index (χ3v) is 7.56. The fourth-order valence-corrected chi connectivity index (χ4v) is 5.63. The number of hydrogen-bond acceptors (Lipinski definition) is 4. The van der Waals surface area contributed by atoms with E-state index in [1.807, 2.05) is 30.3 Å². The van der Waals surface area contributed by atoms with Crippen LogP contribution in [0.4, 0.5) is 13.2 Å². The van der Waals surface area contributed by atoms with Crippen LogP contribution in [0.5, 0.6) is 5.75 Å². The van der Waals surface area contributed by atoms with Gasteiger partial charge in [0.05, 0.1) is 6.04 Å². The van der Waals surface area contributed by atoms with E-state index in [2.05, 4.69) is 40.6 Å². The Hall–Kier alpha value is -2.58. The van der Waals surface area contributed by atoms with Gasteiger partial charge in [0.1, 0.15) is 5.75 Å². The number of carbonyl (C=O) groups is 1. The average Bonchev–Trinajstić information content (AvgIpc) is 2.85. The predicted octanol–water partition coefficient (Wildman–Crippen LogP) is 5.62. The summed E-state index contributed by atoms with van der Waals surface area (Å²) in [7, 11) is 0. The monoisotopic (exact) mass is 517 g/mol. The molecule has 2 unspecified atom stereocenters. The molecule has 5 nitrogen and oxygen atoms in total. The van der Waals surface area contributed by atoms with E-state index in [1.54, 1.807) is 12.1 Å². The molecule has 0 spiro atoms. The SMILES string of the molecule is CC(C)(C)C1CN(C(c2ccccc2)c2ccc(OC(F)(F)F)cc2)CCN1C(=O)CC1CCNCC1. The third kappa shape index (κ3) is 7.26. The molecule has 2 fully saturated rings. The summed E-state index contributed by atoms with van der Waals surface area (Å²) in [5.41, 5.74) is 1.82. The number of piperidine rings is 1. The number of benzene rings is 2. The van der Waals surface area contributed by atoms with E-state index in [4.69, 9.17) is 0 Å². The van der Waals surface area contributed by atoms with E-state index in [1.165, 1.54) is 12.1 Å². The number of nitrogens with one attached hydrogen (secondary N) is 1. The quantitative estimate of drug-likeness (QED) is 0.540.